The molecule has 0 saturated heterocycles. The van der Waals surface area contributed by atoms with Crippen molar-refractivity contribution in [1.82, 2.24) is 4.98 Å². The number of pyridine rings is 1. The molecular weight excluding hydrogens is 276 g/mol. The molecule has 2 aromatic rings. The van der Waals surface area contributed by atoms with E-state index < -0.39 is 23.5 Å². The van der Waals surface area contributed by atoms with Crippen molar-refractivity contribution >= 4 is 11.7 Å². The van der Waals surface area contributed by atoms with E-state index in [1.165, 1.54) is 12.3 Å². The van der Waals surface area contributed by atoms with Crippen LogP contribution in [0.5, 0.6) is 0 Å². The van der Waals surface area contributed by atoms with E-state index in [-0.39, 0.29) is 11.4 Å². The van der Waals surface area contributed by atoms with Crippen molar-refractivity contribution in [2.24, 2.45) is 0 Å². The van der Waals surface area contributed by atoms with Crippen LogP contribution >= 0.6 is 0 Å². The number of alkyl halides is 3. The van der Waals surface area contributed by atoms with Crippen molar-refractivity contribution in [1.29, 1.82) is 0 Å². The highest BCUT2D eigenvalue weighted by Gasteiger charge is 2.34. The predicted molar refractivity (Wildman–Crippen MR) is 63.6 cm³/mol. The first kappa shape index (κ1) is 14.0. The fourth-order valence-corrected chi connectivity index (χ4v) is 1.51. The predicted octanol–water partition coefficient (Wildman–Crippen LogP) is 3.49. The number of nitrogens with one attached hydrogen (secondary N) is 1. The molecule has 1 aromatic carbocycles. The standard InChI is InChI=1S/C13H8F4N2O/c14-10-5-4-8(7-9(10)13(15,16)17)12(20)19-11-3-1-2-6-18-11/h1-7H,(H,18,19,20). The van der Waals surface area contributed by atoms with Gasteiger partial charge in [0.15, 0.2) is 0 Å². The Kier molecular flexibility index (Phi) is 3.69. The molecule has 0 bridgehead atoms. The first-order chi connectivity index (χ1) is 9.38. The van der Waals surface area contributed by atoms with Gasteiger partial charge in [0.05, 0.1) is 5.56 Å². The van der Waals surface area contributed by atoms with Crippen LogP contribution in [0.15, 0.2) is 42.6 Å². The van der Waals surface area contributed by atoms with Gasteiger partial charge in [0, 0.05) is 11.8 Å². The quantitative estimate of drug-likeness (QED) is 0.858. The van der Waals surface area contributed by atoms with Crippen LogP contribution in [0.2, 0.25) is 0 Å². The molecule has 0 aliphatic heterocycles. The molecular formula is C13H8F4N2O. The molecule has 0 spiro atoms. The Hall–Kier alpha value is -2.44. The molecule has 1 amide bonds. The molecule has 3 nitrogen and oxygen atoms in total. The van der Waals surface area contributed by atoms with Crippen LogP contribution in [0.25, 0.3) is 0 Å². The van der Waals surface area contributed by atoms with Crippen molar-refractivity contribution in [3.8, 4) is 0 Å². The van der Waals surface area contributed by atoms with Crippen molar-refractivity contribution in [3.05, 3.63) is 59.5 Å². The molecule has 0 fully saturated rings. The van der Waals surface area contributed by atoms with E-state index >= 15 is 0 Å². The van der Waals surface area contributed by atoms with Crippen LogP contribution in [0.4, 0.5) is 23.4 Å². The van der Waals surface area contributed by atoms with Crippen LogP contribution in [-0.2, 0) is 6.18 Å². The maximum absolute atomic E-state index is 13.1. The van der Waals surface area contributed by atoms with Crippen molar-refractivity contribution in [2.45, 2.75) is 6.18 Å². The Balaban J connectivity index is 2.27. The second-order valence-electron chi connectivity index (χ2n) is 3.86. The second kappa shape index (κ2) is 5.28. The summed E-state index contributed by atoms with van der Waals surface area (Å²) in [6, 6.07) is 6.75. The zero-order valence-corrected chi connectivity index (χ0v) is 9.91. The largest absolute Gasteiger partial charge is 0.419 e. The Morgan fingerprint density at radius 2 is 1.90 bits per heavy atom. The average Bonchev–Trinajstić information content (AvgIpc) is 2.39. The van der Waals surface area contributed by atoms with Crippen LogP contribution < -0.4 is 5.32 Å². The van der Waals surface area contributed by atoms with Gasteiger partial charge in [-0.3, -0.25) is 4.79 Å². The minimum Gasteiger partial charge on any atom is -0.307 e. The maximum atomic E-state index is 13.1. The first-order valence-corrected chi connectivity index (χ1v) is 5.47. The molecule has 20 heavy (non-hydrogen) atoms. The monoisotopic (exact) mass is 284 g/mol. The number of hydrogen-bond acceptors (Lipinski definition) is 2. The number of rotatable bonds is 2. The Morgan fingerprint density at radius 1 is 1.15 bits per heavy atom. The van der Waals surface area contributed by atoms with Gasteiger partial charge in [-0.25, -0.2) is 9.37 Å². The van der Waals surface area contributed by atoms with Crippen LogP contribution in [0.3, 0.4) is 0 Å². The third-order valence-electron chi connectivity index (χ3n) is 2.44. The van der Waals surface area contributed by atoms with Crippen LogP contribution in [-0.4, -0.2) is 10.9 Å². The third kappa shape index (κ3) is 3.11. The Labute approximate surface area is 111 Å². The summed E-state index contributed by atoms with van der Waals surface area (Å²) >= 11 is 0. The van der Waals surface area contributed by atoms with Gasteiger partial charge in [-0.2, -0.15) is 13.2 Å². The van der Waals surface area contributed by atoms with Gasteiger partial charge in [-0.15, -0.1) is 0 Å². The molecule has 0 unspecified atom stereocenters. The van der Waals surface area contributed by atoms with Gasteiger partial charge in [0.25, 0.3) is 5.91 Å². The van der Waals surface area contributed by atoms with E-state index in [0.29, 0.717) is 12.1 Å². The molecule has 104 valence electrons. The lowest BCUT2D eigenvalue weighted by Crippen LogP contribution is -2.15. The third-order valence-corrected chi connectivity index (χ3v) is 2.44. The van der Waals surface area contributed by atoms with Gasteiger partial charge >= 0.3 is 6.18 Å². The number of halogens is 4. The molecule has 1 N–H and O–H groups in total. The number of aromatic nitrogens is 1. The van der Waals surface area contributed by atoms with E-state index in [1.54, 1.807) is 12.1 Å². The minimum atomic E-state index is -4.86. The molecule has 0 atom stereocenters. The molecule has 1 heterocycles. The van der Waals surface area contributed by atoms with E-state index in [1.807, 2.05) is 0 Å². The van der Waals surface area contributed by atoms with Gasteiger partial charge in [-0.05, 0) is 30.3 Å². The number of carbonyl (C=O) groups is 1. The summed E-state index contributed by atoms with van der Waals surface area (Å²) in [6.07, 6.45) is -3.44. The summed E-state index contributed by atoms with van der Waals surface area (Å²) in [4.78, 5) is 15.6. The molecule has 7 heteroatoms. The molecule has 0 aliphatic rings. The van der Waals surface area contributed by atoms with E-state index in [0.717, 1.165) is 6.07 Å². The lowest BCUT2D eigenvalue weighted by atomic mass is 10.1. The van der Waals surface area contributed by atoms with Gasteiger partial charge in [-0.1, -0.05) is 6.07 Å². The lowest BCUT2D eigenvalue weighted by Gasteiger charge is -2.10. The van der Waals surface area contributed by atoms with Crippen LogP contribution in [0, 0.1) is 5.82 Å². The summed E-state index contributed by atoms with van der Waals surface area (Å²) in [6.45, 7) is 0. The van der Waals surface area contributed by atoms with Gasteiger partial charge in [0.1, 0.15) is 11.6 Å². The highest BCUT2D eigenvalue weighted by Crippen LogP contribution is 2.31. The smallest absolute Gasteiger partial charge is 0.307 e. The maximum Gasteiger partial charge on any atom is 0.419 e. The summed E-state index contributed by atoms with van der Waals surface area (Å²) < 4.78 is 50.7. The van der Waals surface area contributed by atoms with Crippen molar-refractivity contribution in [3.63, 3.8) is 0 Å². The molecule has 0 radical (unpaired) electrons. The first-order valence-electron chi connectivity index (χ1n) is 5.47. The second-order valence-corrected chi connectivity index (χ2v) is 3.86. The highest BCUT2D eigenvalue weighted by atomic mass is 19.4. The number of amides is 1. The summed E-state index contributed by atoms with van der Waals surface area (Å²) in [7, 11) is 0. The Morgan fingerprint density at radius 3 is 2.50 bits per heavy atom. The fraction of sp³-hybridized carbons (Fsp3) is 0.0769. The van der Waals surface area contributed by atoms with E-state index in [2.05, 4.69) is 10.3 Å². The average molecular weight is 284 g/mol. The topological polar surface area (TPSA) is 42.0 Å². The molecule has 2 rings (SSSR count). The number of nitrogens with zero attached hydrogens (tertiary/aromatic N) is 1. The molecule has 0 aliphatic carbocycles. The van der Waals surface area contributed by atoms with E-state index in [4.69, 9.17) is 0 Å². The number of carbonyl (C=O) groups excluding carboxylic acids is 1. The van der Waals surface area contributed by atoms with Gasteiger partial charge in [0.2, 0.25) is 0 Å². The van der Waals surface area contributed by atoms with Crippen LogP contribution in [0.1, 0.15) is 15.9 Å². The zero-order valence-electron chi connectivity index (χ0n) is 9.91. The lowest BCUT2D eigenvalue weighted by molar-refractivity contribution is -0.140. The van der Waals surface area contributed by atoms with Crippen molar-refractivity contribution < 1.29 is 22.4 Å². The molecule has 0 saturated carbocycles. The van der Waals surface area contributed by atoms with E-state index in [9.17, 15) is 22.4 Å². The SMILES string of the molecule is O=C(Nc1ccccn1)c1ccc(F)c(C(F)(F)F)c1. The summed E-state index contributed by atoms with van der Waals surface area (Å²) in [5, 5.41) is 2.32. The van der Waals surface area contributed by atoms with Gasteiger partial charge < -0.3 is 5.32 Å². The molecule has 1 aromatic heterocycles. The summed E-state index contributed by atoms with van der Waals surface area (Å²) in [5.74, 6) is -2.03. The minimum absolute atomic E-state index is 0.190. The fourth-order valence-electron chi connectivity index (χ4n) is 1.51. The Bertz CT molecular complexity index is 626. The number of benzene rings is 1. The summed E-state index contributed by atoms with van der Waals surface area (Å²) in [5.41, 5.74) is -1.78. The highest BCUT2D eigenvalue weighted by molar-refractivity contribution is 6.03. The zero-order chi connectivity index (χ0) is 14.8. The number of hydrogen-bond donors (Lipinski definition) is 1. The van der Waals surface area contributed by atoms with Crippen molar-refractivity contribution in [2.75, 3.05) is 5.32 Å². The normalized spacial score (nSPS) is 11.2. The number of anilines is 1.